The van der Waals surface area contributed by atoms with E-state index in [0.717, 1.165) is 16.9 Å². The molecule has 2 N–H and O–H groups in total. The molecule has 0 heterocycles. The predicted molar refractivity (Wildman–Crippen MR) is 101 cm³/mol. The summed E-state index contributed by atoms with van der Waals surface area (Å²) in [5, 5.41) is 5.54. The minimum atomic E-state index is -0.286. The second-order valence-electron chi connectivity index (χ2n) is 5.58. The highest BCUT2D eigenvalue weighted by atomic mass is 16.5. The molecule has 132 valence electrons. The number of benzene rings is 2. The monoisotopic (exact) mass is 340 g/mol. The Bertz CT molecular complexity index is 708. The number of anilines is 1. The molecule has 0 radical (unpaired) electrons. The Morgan fingerprint density at radius 3 is 2.56 bits per heavy atom. The molecule has 0 bridgehead atoms. The average molecular weight is 340 g/mol. The van der Waals surface area contributed by atoms with E-state index in [2.05, 4.69) is 17.2 Å². The van der Waals surface area contributed by atoms with E-state index < -0.39 is 0 Å². The maximum atomic E-state index is 11.9. The Labute approximate surface area is 148 Å². The van der Waals surface area contributed by atoms with Crippen LogP contribution < -0.4 is 20.1 Å². The van der Waals surface area contributed by atoms with Gasteiger partial charge in [0.25, 0.3) is 0 Å². The third-order valence-corrected chi connectivity index (χ3v) is 3.50. The van der Waals surface area contributed by atoms with Gasteiger partial charge < -0.3 is 20.1 Å². The van der Waals surface area contributed by atoms with Crippen LogP contribution in [0.4, 0.5) is 10.5 Å². The fourth-order valence-corrected chi connectivity index (χ4v) is 2.34. The predicted octanol–water partition coefficient (Wildman–Crippen LogP) is 4.07. The van der Waals surface area contributed by atoms with Crippen LogP contribution in [0.25, 0.3) is 0 Å². The van der Waals surface area contributed by atoms with E-state index >= 15 is 0 Å². The SMILES string of the molecule is C=CCOc1cccc(NC(=O)NCCOc2c(C)cccc2C)c1. The number of ether oxygens (including phenoxy) is 2. The molecular formula is C20H24N2O3. The molecule has 0 fully saturated rings. The summed E-state index contributed by atoms with van der Waals surface area (Å²) in [4.78, 5) is 11.9. The number of hydrogen-bond donors (Lipinski definition) is 2. The van der Waals surface area contributed by atoms with E-state index in [4.69, 9.17) is 9.47 Å². The molecule has 0 spiro atoms. The van der Waals surface area contributed by atoms with E-state index in [9.17, 15) is 4.79 Å². The van der Waals surface area contributed by atoms with Crippen LogP contribution in [0.3, 0.4) is 0 Å². The summed E-state index contributed by atoms with van der Waals surface area (Å²) in [6.45, 7) is 8.85. The van der Waals surface area contributed by atoms with Crippen molar-refractivity contribution in [1.82, 2.24) is 5.32 Å². The number of rotatable bonds is 8. The van der Waals surface area contributed by atoms with Crippen molar-refractivity contribution in [3.05, 3.63) is 66.2 Å². The lowest BCUT2D eigenvalue weighted by Gasteiger charge is -2.13. The van der Waals surface area contributed by atoms with Gasteiger partial charge >= 0.3 is 6.03 Å². The zero-order valence-corrected chi connectivity index (χ0v) is 14.7. The van der Waals surface area contributed by atoms with E-state index in [1.54, 1.807) is 18.2 Å². The molecular weight excluding hydrogens is 316 g/mol. The van der Waals surface area contributed by atoms with Crippen molar-refractivity contribution in [1.29, 1.82) is 0 Å². The van der Waals surface area contributed by atoms with Gasteiger partial charge in [0.1, 0.15) is 24.7 Å². The zero-order chi connectivity index (χ0) is 18.1. The standard InChI is InChI=1S/C20H24N2O3/c1-4-12-24-18-10-6-9-17(14-18)22-20(23)21-11-13-25-19-15(2)7-5-8-16(19)3/h4-10,14H,1,11-13H2,2-3H3,(H2,21,22,23). The third-order valence-electron chi connectivity index (χ3n) is 3.50. The fraction of sp³-hybridized carbons (Fsp3) is 0.250. The molecule has 5 heteroatoms. The maximum Gasteiger partial charge on any atom is 0.319 e. The van der Waals surface area contributed by atoms with Gasteiger partial charge in [-0.2, -0.15) is 0 Å². The third kappa shape index (κ3) is 5.88. The smallest absolute Gasteiger partial charge is 0.319 e. The first-order chi connectivity index (χ1) is 12.1. The summed E-state index contributed by atoms with van der Waals surface area (Å²) in [6, 6.07) is 12.9. The van der Waals surface area contributed by atoms with Crippen LogP contribution in [0.2, 0.25) is 0 Å². The summed E-state index contributed by atoms with van der Waals surface area (Å²) in [5.41, 5.74) is 2.83. The van der Waals surface area contributed by atoms with Crippen LogP contribution in [0.15, 0.2) is 55.1 Å². The Kier molecular flexibility index (Phi) is 6.89. The van der Waals surface area contributed by atoms with Crippen molar-refractivity contribution in [3.63, 3.8) is 0 Å². The zero-order valence-electron chi connectivity index (χ0n) is 14.7. The van der Waals surface area contributed by atoms with Crippen molar-refractivity contribution in [2.24, 2.45) is 0 Å². The molecule has 0 aliphatic carbocycles. The normalized spacial score (nSPS) is 10.0. The Hall–Kier alpha value is -2.95. The Balaban J connectivity index is 1.76. The lowest BCUT2D eigenvalue weighted by Crippen LogP contribution is -2.32. The highest BCUT2D eigenvalue weighted by molar-refractivity contribution is 5.89. The molecule has 0 unspecified atom stereocenters. The average Bonchev–Trinajstić information content (AvgIpc) is 2.59. The van der Waals surface area contributed by atoms with E-state index in [1.165, 1.54) is 0 Å². The van der Waals surface area contributed by atoms with Crippen molar-refractivity contribution >= 4 is 11.7 Å². The number of urea groups is 1. The first kappa shape index (κ1) is 18.4. The Morgan fingerprint density at radius 2 is 1.84 bits per heavy atom. The van der Waals surface area contributed by atoms with Gasteiger partial charge in [0.05, 0.1) is 6.54 Å². The molecule has 2 amide bonds. The molecule has 0 atom stereocenters. The van der Waals surface area contributed by atoms with Crippen molar-refractivity contribution in [2.45, 2.75) is 13.8 Å². The van der Waals surface area contributed by atoms with Crippen LogP contribution in [0, 0.1) is 13.8 Å². The lowest BCUT2D eigenvalue weighted by molar-refractivity contribution is 0.247. The van der Waals surface area contributed by atoms with Gasteiger partial charge in [0.15, 0.2) is 0 Å². The lowest BCUT2D eigenvalue weighted by atomic mass is 10.1. The van der Waals surface area contributed by atoms with Crippen molar-refractivity contribution in [3.8, 4) is 11.5 Å². The summed E-state index contributed by atoms with van der Waals surface area (Å²) in [5.74, 6) is 1.55. The molecule has 25 heavy (non-hydrogen) atoms. The van der Waals surface area contributed by atoms with E-state index in [1.807, 2.05) is 44.2 Å². The van der Waals surface area contributed by atoms with E-state index in [0.29, 0.717) is 31.2 Å². The molecule has 5 nitrogen and oxygen atoms in total. The molecule has 0 saturated heterocycles. The maximum absolute atomic E-state index is 11.9. The van der Waals surface area contributed by atoms with Crippen LogP contribution in [0.1, 0.15) is 11.1 Å². The second-order valence-corrected chi connectivity index (χ2v) is 5.58. The highest BCUT2D eigenvalue weighted by Crippen LogP contribution is 2.22. The topological polar surface area (TPSA) is 59.6 Å². The summed E-state index contributed by atoms with van der Waals surface area (Å²) in [7, 11) is 0. The largest absolute Gasteiger partial charge is 0.491 e. The number of para-hydroxylation sites is 1. The molecule has 2 aromatic rings. The number of carbonyl (C=O) groups excluding carboxylic acids is 1. The summed E-state index contributed by atoms with van der Waals surface area (Å²) < 4.78 is 11.2. The first-order valence-corrected chi connectivity index (χ1v) is 8.18. The number of hydrogen-bond acceptors (Lipinski definition) is 3. The van der Waals surface area contributed by atoms with E-state index in [-0.39, 0.29) is 6.03 Å². The summed E-state index contributed by atoms with van der Waals surface area (Å²) >= 11 is 0. The van der Waals surface area contributed by atoms with Gasteiger partial charge in [-0.25, -0.2) is 4.79 Å². The van der Waals surface area contributed by atoms with Gasteiger partial charge in [0.2, 0.25) is 0 Å². The molecule has 0 aromatic heterocycles. The molecule has 2 rings (SSSR count). The molecule has 0 aliphatic heterocycles. The number of amides is 2. The molecule has 0 saturated carbocycles. The Morgan fingerprint density at radius 1 is 1.12 bits per heavy atom. The van der Waals surface area contributed by atoms with Crippen LogP contribution in [-0.2, 0) is 0 Å². The van der Waals surface area contributed by atoms with Gasteiger partial charge in [-0.05, 0) is 37.1 Å². The second kappa shape index (κ2) is 9.37. The highest BCUT2D eigenvalue weighted by Gasteiger charge is 2.05. The minimum Gasteiger partial charge on any atom is -0.491 e. The summed E-state index contributed by atoms with van der Waals surface area (Å²) in [6.07, 6.45) is 1.67. The molecule has 0 aliphatic rings. The quantitative estimate of drug-likeness (QED) is 0.562. The number of carbonyl (C=O) groups is 1. The van der Waals surface area contributed by atoms with Gasteiger partial charge in [0, 0.05) is 11.8 Å². The first-order valence-electron chi connectivity index (χ1n) is 8.18. The number of nitrogens with one attached hydrogen (secondary N) is 2. The van der Waals surface area contributed by atoms with Crippen LogP contribution >= 0.6 is 0 Å². The fourth-order valence-electron chi connectivity index (χ4n) is 2.34. The van der Waals surface area contributed by atoms with Gasteiger partial charge in [-0.15, -0.1) is 0 Å². The van der Waals surface area contributed by atoms with Crippen molar-refractivity contribution < 1.29 is 14.3 Å². The minimum absolute atomic E-state index is 0.286. The number of aryl methyl sites for hydroxylation is 2. The molecule has 2 aromatic carbocycles. The van der Waals surface area contributed by atoms with Crippen LogP contribution in [-0.4, -0.2) is 25.8 Å². The van der Waals surface area contributed by atoms with Gasteiger partial charge in [-0.3, -0.25) is 0 Å². The van der Waals surface area contributed by atoms with Crippen molar-refractivity contribution in [2.75, 3.05) is 25.1 Å². The van der Waals surface area contributed by atoms with Gasteiger partial charge in [-0.1, -0.05) is 36.9 Å². The van der Waals surface area contributed by atoms with Crippen LogP contribution in [0.5, 0.6) is 11.5 Å².